The Kier molecular flexibility index (Phi) is 5.68. The molecule has 4 aromatic carbocycles. The molecular formula is C24H18FN3O5S. The van der Waals surface area contributed by atoms with Crippen molar-refractivity contribution in [1.29, 1.82) is 5.41 Å². The molecule has 4 rings (SSSR count). The molecule has 172 valence electrons. The summed E-state index contributed by atoms with van der Waals surface area (Å²) in [5.41, 5.74) is 11.4. The van der Waals surface area contributed by atoms with E-state index in [4.69, 9.17) is 21.6 Å². The molecule has 6 N–H and O–H groups in total. The van der Waals surface area contributed by atoms with Gasteiger partial charge in [0, 0.05) is 5.56 Å². The highest BCUT2D eigenvalue weighted by Crippen LogP contribution is 2.36. The minimum atomic E-state index is -4.16. The number of nitrogens with two attached hydrogens (primary N) is 2. The fourth-order valence-electron chi connectivity index (χ4n) is 3.37. The first-order valence-corrected chi connectivity index (χ1v) is 11.3. The molecule has 0 radical (unpaired) electrons. The van der Waals surface area contributed by atoms with Gasteiger partial charge in [-0.05, 0) is 65.4 Å². The number of ether oxygens (including phenoxy) is 1. The number of fused-ring (bicyclic) bond motifs is 1. The van der Waals surface area contributed by atoms with Crippen LogP contribution in [0.25, 0.3) is 10.8 Å². The number of aromatic carboxylic acids is 1. The summed E-state index contributed by atoms with van der Waals surface area (Å²) in [6.45, 7) is 0. The summed E-state index contributed by atoms with van der Waals surface area (Å²) < 4.78 is 44.8. The molecule has 0 saturated carbocycles. The zero-order valence-corrected chi connectivity index (χ0v) is 18.3. The van der Waals surface area contributed by atoms with Gasteiger partial charge in [0.1, 0.15) is 23.0 Å². The lowest BCUT2D eigenvalue weighted by Gasteiger charge is -2.14. The number of amidine groups is 1. The van der Waals surface area contributed by atoms with E-state index in [2.05, 4.69) is 0 Å². The largest absolute Gasteiger partial charge is 0.478 e. The monoisotopic (exact) mass is 479 g/mol. The van der Waals surface area contributed by atoms with Crippen LogP contribution in [-0.2, 0) is 9.84 Å². The molecule has 34 heavy (non-hydrogen) atoms. The van der Waals surface area contributed by atoms with Crippen molar-refractivity contribution in [3.05, 3.63) is 89.7 Å². The summed E-state index contributed by atoms with van der Waals surface area (Å²) in [5, 5.41) is 18.8. The molecule has 0 fully saturated rings. The topological polar surface area (TPSA) is 157 Å². The van der Waals surface area contributed by atoms with Gasteiger partial charge in [0.2, 0.25) is 9.84 Å². The molecule has 0 aliphatic carbocycles. The lowest BCUT2D eigenvalue weighted by atomic mass is 10.1. The Morgan fingerprint density at radius 2 is 1.56 bits per heavy atom. The second-order valence-electron chi connectivity index (χ2n) is 7.39. The van der Waals surface area contributed by atoms with E-state index in [1.165, 1.54) is 0 Å². The fraction of sp³-hybridized carbons (Fsp3) is 0. The maximum atomic E-state index is 13.2. The number of nitrogens with one attached hydrogen (secondary N) is 1. The van der Waals surface area contributed by atoms with Gasteiger partial charge in [-0.3, -0.25) is 5.41 Å². The van der Waals surface area contributed by atoms with Crippen LogP contribution in [0.4, 0.5) is 10.1 Å². The van der Waals surface area contributed by atoms with Crippen molar-refractivity contribution in [3.63, 3.8) is 0 Å². The number of nitrogen functional groups attached to an aromatic ring is 2. The molecule has 4 aromatic rings. The van der Waals surface area contributed by atoms with Crippen LogP contribution in [0.3, 0.4) is 0 Å². The SMILES string of the molecule is N=C(N)c1ccc2cc(Oc3c(N)cc(S(=O)(=O)c4ccc(F)cc4)cc3C(=O)O)ccc2c1. The van der Waals surface area contributed by atoms with Crippen LogP contribution in [0.1, 0.15) is 15.9 Å². The zero-order valence-electron chi connectivity index (χ0n) is 17.4. The predicted molar refractivity (Wildman–Crippen MR) is 125 cm³/mol. The highest BCUT2D eigenvalue weighted by atomic mass is 32.2. The summed E-state index contributed by atoms with van der Waals surface area (Å²) in [5.74, 6) is -2.07. The number of halogens is 1. The zero-order chi connectivity index (χ0) is 24.6. The van der Waals surface area contributed by atoms with Gasteiger partial charge < -0.3 is 21.3 Å². The number of hydrogen-bond donors (Lipinski definition) is 4. The summed E-state index contributed by atoms with van der Waals surface area (Å²) in [6, 6.07) is 16.3. The molecule has 0 heterocycles. The van der Waals surface area contributed by atoms with E-state index in [-0.39, 0.29) is 32.8 Å². The smallest absolute Gasteiger partial charge is 0.339 e. The third-order valence-corrected chi connectivity index (χ3v) is 6.85. The molecule has 0 atom stereocenters. The fourth-order valence-corrected chi connectivity index (χ4v) is 4.70. The molecule has 0 aliphatic rings. The molecular weight excluding hydrogens is 461 g/mol. The number of sulfone groups is 1. The Bertz CT molecular complexity index is 1570. The van der Waals surface area contributed by atoms with Crippen molar-refractivity contribution < 1.29 is 27.4 Å². The van der Waals surface area contributed by atoms with Crippen LogP contribution < -0.4 is 16.2 Å². The van der Waals surface area contributed by atoms with Crippen molar-refractivity contribution >= 4 is 38.1 Å². The van der Waals surface area contributed by atoms with Crippen molar-refractivity contribution in [2.24, 2.45) is 5.73 Å². The summed E-state index contributed by atoms with van der Waals surface area (Å²) in [6.07, 6.45) is 0. The van der Waals surface area contributed by atoms with Crippen LogP contribution in [0.5, 0.6) is 11.5 Å². The highest BCUT2D eigenvalue weighted by Gasteiger charge is 2.24. The van der Waals surface area contributed by atoms with E-state index in [1.807, 2.05) is 0 Å². The van der Waals surface area contributed by atoms with Gasteiger partial charge in [-0.25, -0.2) is 17.6 Å². The first-order valence-electron chi connectivity index (χ1n) is 9.80. The van der Waals surface area contributed by atoms with Gasteiger partial charge in [0.15, 0.2) is 5.75 Å². The van der Waals surface area contributed by atoms with Gasteiger partial charge in [-0.1, -0.05) is 18.2 Å². The molecule has 0 aromatic heterocycles. The number of carboxylic acid groups (broad SMARTS) is 1. The summed E-state index contributed by atoms with van der Waals surface area (Å²) in [7, 11) is -4.16. The third-order valence-electron chi connectivity index (χ3n) is 5.10. The Morgan fingerprint density at radius 1 is 0.912 bits per heavy atom. The standard InChI is InChI=1S/C24H18FN3O5S/c25-16-4-7-18(8-5-16)34(31,32)19-11-20(24(29)30)22(21(26)12-19)33-17-6-3-13-9-15(23(27)28)2-1-14(13)10-17/h1-12H,26H2,(H3,27,28)(H,29,30). The third kappa shape index (κ3) is 4.26. The van der Waals surface area contributed by atoms with Gasteiger partial charge >= 0.3 is 5.97 Å². The Labute approximate surface area is 193 Å². The average Bonchev–Trinajstić information content (AvgIpc) is 2.79. The van der Waals surface area contributed by atoms with Crippen molar-refractivity contribution in [2.45, 2.75) is 9.79 Å². The maximum absolute atomic E-state index is 13.2. The van der Waals surface area contributed by atoms with E-state index < -0.39 is 27.2 Å². The first-order chi connectivity index (χ1) is 16.1. The molecule has 0 bridgehead atoms. The second kappa shape index (κ2) is 8.49. The molecule has 10 heteroatoms. The second-order valence-corrected chi connectivity index (χ2v) is 9.34. The molecule has 8 nitrogen and oxygen atoms in total. The quantitative estimate of drug-likeness (QED) is 0.140. The minimum Gasteiger partial charge on any atom is -0.478 e. The molecule has 0 aliphatic heterocycles. The number of carboxylic acids is 1. The Balaban J connectivity index is 1.75. The highest BCUT2D eigenvalue weighted by molar-refractivity contribution is 7.91. The number of carbonyl (C=O) groups is 1. The number of rotatable bonds is 6. The van der Waals surface area contributed by atoms with Crippen LogP contribution in [0, 0.1) is 11.2 Å². The van der Waals surface area contributed by atoms with Crippen LogP contribution in [-0.4, -0.2) is 25.3 Å². The van der Waals surface area contributed by atoms with E-state index in [0.29, 0.717) is 5.56 Å². The Morgan fingerprint density at radius 3 is 2.21 bits per heavy atom. The summed E-state index contributed by atoms with van der Waals surface area (Å²) in [4.78, 5) is 11.4. The van der Waals surface area contributed by atoms with Gasteiger partial charge in [0.05, 0.1) is 15.5 Å². The molecule has 0 spiro atoms. The maximum Gasteiger partial charge on any atom is 0.339 e. The predicted octanol–water partition coefficient (Wildman–Crippen LogP) is 4.17. The van der Waals surface area contributed by atoms with E-state index in [1.54, 1.807) is 36.4 Å². The lowest BCUT2D eigenvalue weighted by molar-refractivity contribution is 0.0694. The summed E-state index contributed by atoms with van der Waals surface area (Å²) >= 11 is 0. The van der Waals surface area contributed by atoms with Crippen molar-refractivity contribution in [2.75, 3.05) is 5.73 Å². The lowest BCUT2D eigenvalue weighted by Crippen LogP contribution is -2.10. The minimum absolute atomic E-state index is 0.0724. The number of benzene rings is 4. The first kappa shape index (κ1) is 22.7. The van der Waals surface area contributed by atoms with Gasteiger partial charge in [0.25, 0.3) is 0 Å². The molecule has 0 unspecified atom stereocenters. The van der Waals surface area contributed by atoms with Crippen molar-refractivity contribution in [3.8, 4) is 11.5 Å². The Hall–Kier alpha value is -4.44. The molecule has 0 saturated heterocycles. The van der Waals surface area contributed by atoms with E-state index in [9.17, 15) is 22.7 Å². The van der Waals surface area contributed by atoms with Crippen molar-refractivity contribution in [1.82, 2.24) is 0 Å². The van der Waals surface area contributed by atoms with E-state index >= 15 is 0 Å². The van der Waals surface area contributed by atoms with Crippen LogP contribution in [0.2, 0.25) is 0 Å². The average molecular weight is 479 g/mol. The van der Waals surface area contributed by atoms with Gasteiger partial charge in [-0.2, -0.15) is 0 Å². The van der Waals surface area contributed by atoms with Gasteiger partial charge in [-0.15, -0.1) is 0 Å². The van der Waals surface area contributed by atoms with E-state index in [0.717, 1.165) is 47.2 Å². The number of anilines is 1. The molecule has 0 amide bonds. The number of hydrogen-bond acceptors (Lipinski definition) is 6. The van der Waals surface area contributed by atoms with Crippen LogP contribution >= 0.6 is 0 Å². The van der Waals surface area contributed by atoms with Crippen LogP contribution in [0.15, 0.2) is 82.6 Å². The normalized spacial score (nSPS) is 11.3.